The number of benzene rings is 3. The molecule has 0 fully saturated rings. The number of rotatable bonds is 10. The molecule has 192 valence electrons. The number of nitrogens with one attached hydrogen (secondary N) is 2. The summed E-state index contributed by atoms with van der Waals surface area (Å²) in [7, 11) is 0. The van der Waals surface area contributed by atoms with Crippen LogP contribution in [0.2, 0.25) is 10.0 Å². The van der Waals surface area contributed by atoms with Crippen molar-refractivity contribution in [2.24, 2.45) is 5.10 Å². The summed E-state index contributed by atoms with van der Waals surface area (Å²) in [6.45, 7) is 1.87. The number of amides is 2. The highest BCUT2D eigenvalue weighted by Crippen LogP contribution is 2.34. The molecule has 3 aromatic rings. The zero-order valence-electron chi connectivity index (χ0n) is 19.2. The predicted molar refractivity (Wildman–Crippen MR) is 149 cm³/mol. The molecule has 0 aliphatic rings. The van der Waals surface area contributed by atoms with Gasteiger partial charge in [0.2, 0.25) is 0 Å². The summed E-state index contributed by atoms with van der Waals surface area (Å²) >= 11 is 13.9. The molecule has 0 bridgehead atoms. The van der Waals surface area contributed by atoms with Crippen LogP contribution in [0.25, 0.3) is 0 Å². The zero-order chi connectivity index (χ0) is 26.9. The van der Waals surface area contributed by atoms with Crippen molar-refractivity contribution in [2.45, 2.75) is 6.92 Å². The maximum atomic E-state index is 12.4. The van der Waals surface area contributed by atoms with E-state index in [0.717, 1.165) is 0 Å². The van der Waals surface area contributed by atoms with Crippen LogP contribution in [-0.4, -0.2) is 36.2 Å². The fraction of sp³-hybridized carbons (Fsp3) is 0.125. The molecule has 0 unspecified atom stereocenters. The van der Waals surface area contributed by atoms with E-state index in [1.807, 2.05) is 22.6 Å². The van der Waals surface area contributed by atoms with Crippen molar-refractivity contribution in [2.75, 3.05) is 18.5 Å². The van der Waals surface area contributed by atoms with Gasteiger partial charge in [-0.15, -0.1) is 0 Å². The molecule has 0 heterocycles. The van der Waals surface area contributed by atoms with E-state index in [4.69, 9.17) is 32.7 Å². The minimum absolute atomic E-state index is 0.118. The van der Waals surface area contributed by atoms with E-state index in [-0.39, 0.29) is 17.9 Å². The molecular weight excluding hydrogens is 638 g/mol. The van der Waals surface area contributed by atoms with E-state index in [0.29, 0.717) is 43.0 Å². The maximum absolute atomic E-state index is 12.4. The molecule has 0 saturated carbocycles. The maximum Gasteiger partial charge on any atom is 0.271 e. The topological polar surface area (TPSA) is 132 Å². The predicted octanol–water partition coefficient (Wildman–Crippen LogP) is 5.69. The number of anilines is 1. The van der Waals surface area contributed by atoms with Gasteiger partial charge in [-0.1, -0.05) is 23.2 Å². The van der Waals surface area contributed by atoms with E-state index >= 15 is 0 Å². The van der Waals surface area contributed by atoms with E-state index in [1.165, 1.54) is 36.5 Å². The number of carbonyl (C=O) groups is 2. The number of ether oxygens (including phenoxy) is 2. The van der Waals surface area contributed by atoms with Crippen LogP contribution in [0.4, 0.5) is 11.4 Å². The first-order valence-electron chi connectivity index (χ1n) is 10.6. The van der Waals surface area contributed by atoms with Gasteiger partial charge < -0.3 is 14.8 Å². The molecule has 0 aliphatic heterocycles. The van der Waals surface area contributed by atoms with Crippen molar-refractivity contribution in [3.63, 3.8) is 0 Å². The van der Waals surface area contributed by atoms with Crippen LogP contribution in [0.1, 0.15) is 22.8 Å². The van der Waals surface area contributed by atoms with E-state index < -0.39 is 16.7 Å². The molecular formula is C24H19Cl2IN4O6. The molecule has 0 saturated heterocycles. The molecule has 37 heavy (non-hydrogen) atoms. The number of carbonyl (C=O) groups excluding carboxylic acids is 2. The van der Waals surface area contributed by atoms with Crippen molar-refractivity contribution >= 4 is 75.2 Å². The third-order valence-corrected chi connectivity index (χ3v) is 6.14. The first kappa shape index (κ1) is 28.2. The molecule has 0 radical (unpaired) electrons. The van der Waals surface area contributed by atoms with Crippen molar-refractivity contribution in [3.8, 4) is 11.5 Å². The fourth-order valence-electron chi connectivity index (χ4n) is 2.94. The van der Waals surface area contributed by atoms with E-state index in [2.05, 4.69) is 15.8 Å². The van der Waals surface area contributed by atoms with Crippen molar-refractivity contribution in [1.82, 2.24) is 5.43 Å². The minimum atomic E-state index is -0.549. The highest BCUT2D eigenvalue weighted by molar-refractivity contribution is 14.1. The van der Waals surface area contributed by atoms with Crippen LogP contribution < -0.4 is 20.2 Å². The first-order chi connectivity index (χ1) is 17.7. The first-order valence-corrected chi connectivity index (χ1v) is 12.4. The Hall–Kier alpha value is -3.42. The van der Waals surface area contributed by atoms with Gasteiger partial charge >= 0.3 is 0 Å². The van der Waals surface area contributed by atoms with Crippen LogP contribution in [0.5, 0.6) is 11.5 Å². The molecule has 0 aliphatic carbocycles. The fourth-order valence-corrected chi connectivity index (χ4v) is 4.02. The van der Waals surface area contributed by atoms with Gasteiger partial charge in [0.05, 0.1) is 31.4 Å². The summed E-state index contributed by atoms with van der Waals surface area (Å²) < 4.78 is 12.0. The van der Waals surface area contributed by atoms with Crippen molar-refractivity contribution < 1.29 is 24.0 Å². The molecule has 2 N–H and O–H groups in total. The normalized spacial score (nSPS) is 10.7. The largest absolute Gasteiger partial charge is 0.490 e. The lowest BCUT2D eigenvalue weighted by molar-refractivity contribution is -0.384. The van der Waals surface area contributed by atoms with Crippen molar-refractivity contribution in [1.29, 1.82) is 0 Å². The van der Waals surface area contributed by atoms with Gasteiger partial charge in [0.25, 0.3) is 17.5 Å². The average molecular weight is 657 g/mol. The highest BCUT2D eigenvalue weighted by Gasteiger charge is 2.15. The lowest BCUT2D eigenvalue weighted by Crippen LogP contribution is -2.20. The monoisotopic (exact) mass is 656 g/mol. The second-order valence-corrected chi connectivity index (χ2v) is 9.21. The number of hydrogen-bond donors (Lipinski definition) is 2. The Morgan fingerprint density at radius 3 is 2.46 bits per heavy atom. The SMILES string of the molecule is CCOc1cc(/C=N/NC(=O)c2ccc([N+](=O)[O-])cc2)cc(I)c1OCC(=O)Nc1ccc(Cl)c(Cl)c1. The van der Waals surface area contributed by atoms with Crippen LogP contribution in [0.15, 0.2) is 59.7 Å². The number of halogens is 3. The molecule has 0 atom stereocenters. The number of nitro groups is 1. The Labute approximate surface area is 235 Å². The summed E-state index contributed by atoms with van der Waals surface area (Å²) in [5, 5.41) is 18.0. The Bertz CT molecular complexity index is 1350. The number of nitro benzene ring substituents is 1. The zero-order valence-corrected chi connectivity index (χ0v) is 22.8. The Kier molecular flexibility index (Phi) is 10.1. The van der Waals surface area contributed by atoms with Crippen LogP contribution >= 0.6 is 45.8 Å². The number of hydrogen-bond acceptors (Lipinski definition) is 7. The smallest absolute Gasteiger partial charge is 0.271 e. The second kappa shape index (κ2) is 13.2. The van der Waals surface area contributed by atoms with Gasteiger partial charge in [0.15, 0.2) is 18.1 Å². The van der Waals surface area contributed by atoms with Gasteiger partial charge in [0.1, 0.15) is 0 Å². The van der Waals surface area contributed by atoms with Gasteiger partial charge in [-0.05, 0) is 77.5 Å². The molecule has 3 aromatic carbocycles. The third-order valence-electron chi connectivity index (χ3n) is 4.60. The van der Waals surface area contributed by atoms with Crippen LogP contribution in [-0.2, 0) is 4.79 Å². The Balaban J connectivity index is 1.65. The number of non-ortho nitro benzene ring substituents is 1. The van der Waals surface area contributed by atoms with Gasteiger partial charge in [0, 0.05) is 23.4 Å². The van der Waals surface area contributed by atoms with E-state index in [9.17, 15) is 19.7 Å². The highest BCUT2D eigenvalue weighted by atomic mass is 127. The number of nitrogens with zero attached hydrogens (tertiary/aromatic N) is 2. The average Bonchev–Trinajstić information content (AvgIpc) is 2.86. The van der Waals surface area contributed by atoms with Gasteiger partial charge in [-0.3, -0.25) is 19.7 Å². The quantitative estimate of drug-likeness (QED) is 0.125. The van der Waals surface area contributed by atoms with E-state index in [1.54, 1.807) is 31.2 Å². The molecule has 0 aromatic heterocycles. The minimum Gasteiger partial charge on any atom is -0.490 e. The third kappa shape index (κ3) is 8.03. The van der Waals surface area contributed by atoms with Crippen LogP contribution in [0.3, 0.4) is 0 Å². The summed E-state index contributed by atoms with van der Waals surface area (Å²) in [5.74, 6) is -0.172. The molecule has 2 amide bonds. The molecule has 10 nitrogen and oxygen atoms in total. The Morgan fingerprint density at radius 1 is 1.08 bits per heavy atom. The molecule has 13 heteroatoms. The van der Waals surface area contributed by atoms with Gasteiger partial charge in [-0.25, -0.2) is 5.43 Å². The summed E-state index contributed by atoms with van der Waals surface area (Å²) in [6.07, 6.45) is 1.41. The Morgan fingerprint density at radius 2 is 1.81 bits per heavy atom. The van der Waals surface area contributed by atoms with Gasteiger partial charge in [-0.2, -0.15) is 5.10 Å². The second-order valence-electron chi connectivity index (χ2n) is 7.23. The molecule has 0 spiro atoms. The lowest BCUT2D eigenvalue weighted by Gasteiger charge is -2.14. The molecule has 3 rings (SSSR count). The van der Waals surface area contributed by atoms with Crippen molar-refractivity contribution in [3.05, 3.63) is 89.5 Å². The lowest BCUT2D eigenvalue weighted by atomic mass is 10.2. The summed E-state index contributed by atoms with van der Waals surface area (Å²) in [5.41, 5.74) is 3.55. The van der Waals surface area contributed by atoms with Crippen LogP contribution in [0, 0.1) is 13.7 Å². The summed E-state index contributed by atoms with van der Waals surface area (Å²) in [4.78, 5) is 34.8. The standard InChI is InChI=1S/C24H19Cl2IN4O6/c1-2-36-21-10-14(12-28-30-24(33)15-3-6-17(7-4-15)31(34)35)9-20(27)23(21)37-13-22(32)29-16-5-8-18(25)19(26)11-16/h3-12H,2,13H2,1H3,(H,29,32)(H,30,33)/b28-12+. The number of hydrazone groups is 1. The summed E-state index contributed by atoms with van der Waals surface area (Å²) in [6, 6.07) is 13.3.